The van der Waals surface area contributed by atoms with Crippen LogP contribution in [0.3, 0.4) is 0 Å². The first kappa shape index (κ1) is 17.7. The van der Waals surface area contributed by atoms with E-state index in [2.05, 4.69) is 89.2 Å². The van der Waals surface area contributed by atoms with E-state index in [1.807, 2.05) is 6.20 Å². The second kappa shape index (κ2) is 5.51. The molecular formula is C28H25NO. The monoisotopic (exact) mass is 391 g/mol. The Morgan fingerprint density at radius 3 is 2.47 bits per heavy atom. The number of benzene rings is 3. The van der Waals surface area contributed by atoms with Gasteiger partial charge < -0.3 is 4.42 Å². The molecule has 5 aromatic rings. The first-order valence-corrected chi connectivity index (χ1v) is 10.7. The van der Waals surface area contributed by atoms with Crippen LogP contribution < -0.4 is 0 Å². The Bertz CT molecular complexity index is 1490. The SMILES string of the molecule is CC(C)(C)c1ccc2c3c1oc1cccc(c13)-c1ncc3ccccc3c1C2(C)C. The summed E-state index contributed by atoms with van der Waals surface area (Å²) in [5.41, 5.74) is 7.86. The van der Waals surface area contributed by atoms with Gasteiger partial charge >= 0.3 is 0 Å². The van der Waals surface area contributed by atoms with Crippen LogP contribution in [0.5, 0.6) is 0 Å². The highest BCUT2D eigenvalue weighted by atomic mass is 16.3. The minimum absolute atomic E-state index is 0.000808. The first-order valence-electron chi connectivity index (χ1n) is 10.7. The Morgan fingerprint density at radius 2 is 1.67 bits per heavy atom. The largest absolute Gasteiger partial charge is 0.456 e. The van der Waals surface area contributed by atoms with Crippen molar-refractivity contribution in [1.82, 2.24) is 4.98 Å². The zero-order valence-corrected chi connectivity index (χ0v) is 18.1. The third kappa shape index (κ3) is 2.11. The highest BCUT2D eigenvalue weighted by Gasteiger charge is 2.37. The number of furan rings is 1. The summed E-state index contributed by atoms with van der Waals surface area (Å²) in [5.74, 6) is 0. The van der Waals surface area contributed by atoms with Gasteiger partial charge in [0, 0.05) is 38.9 Å². The lowest BCUT2D eigenvalue weighted by Crippen LogP contribution is -2.21. The Hall–Kier alpha value is -3.13. The van der Waals surface area contributed by atoms with E-state index in [9.17, 15) is 0 Å². The van der Waals surface area contributed by atoms with Crippen LogP contribution in [0.25, 0.3) is 44.0 Å². The summed E-state index contributed by atoms with van der Waals surface area (Å²) in [6.45, 7) is 11.4. The van der Waals surface area contributed by atoms with Crippen molar-refractivity contribution in [2.45, 2.75) is 45.4 Å². The number of fused-ring (bicyclic) bond motifs is 4. The van der Waals surface area contributed by atoms with Crippen LogP contribution in [0.4, 0.5) is 0 Å². The van der Waals surface area contributed by atoms with E-state index in [0.717, 1.165) is 16.9 Å². The van der Waals surface area contributed by atoms with Crippen LogP contribution in [0.15, 0.2) is 65.2 Å². The summed E-state index contributed by atoms with van der Waals surface area (Å²) in [5, 5.41) is 4.91. The molecule has 0 fully saturated rings. The van der Waals surface area contributed by atoms with Crippen LogP contribution in [0.2, 0.25) is 0 Å². The van der Waals surface area contributed by atoms with Gasteiger partial charge in [0.15, 0.2) is 0 Å². The fraction of sp³-hybridized carbons (Fsp3) is 0.250. The zero-order chi connectivity index (χ0) is 20.8. The summed E-state index contributed by atoms with van der Waals surface area (Å²) in [4.78, 5) is 5.01. The van der Waals surface area contributed by atoms with E-state index in [4.69, 9.17) is 9.40 Å². The molecule has 0 spiro atoms. The van der Waals surface area contributed by atoms with Crippen molar-refractivity contribution in [2.75, 3.05) is 0 Å². The molecule has 0 aliphatic heterocycles. The summed E-state index contributed by atoms with van der Waals surface area (Å²) >= 11 is 0. The molecule has 0 bridgehead atoms. The molecule has 1 aliphatic carbocycles. The molecule has 0 N–H and O–H groups in total. The van der Waals surface area contributed by atoms with Crippen LogP contribution in [-0.4, -0.2) is 4.98 Å². The van der Waals surface area contributed by atoms with E-state index >= 15 is 0 Å². The Morgan fingerprint density at radius 1 is 0.867 bits per heavy atom. The maximum absolute atomic E-state index is 6.54. The maximum atomic E-state index is 6.54. The minimum Gasteiger partial charge on any atom is -0.456 e. The lowest BCUT2D eigenvalue weighted by molar-refractivity contribution is 0.570. The second-order valence-electron chi connectivity index (χ2n) is 10.1. The van der Waals surface area contributed by atoms with Gasteiger partial charge in [0.1, 0.15) is 11.2 Å². The normalized spacial score (nSPS) is 15.1. The number of pyridine rings is 1. The molecular weight excluding hydrogens is 366 g/mol. The molecule has 0 unspecified atom stereocenters. The molecule has 3 aromatic carbocycles. The first-order chi connectivity index (χ1) is 14.3. The fourth-order valence-electron chi connectivity index (χ4n) is 5.36. The quantitative estimate of drug-likeness (QED) is 0.270. The lowest BCUT2D eigenvalue weighted by atomic mass is 9.74. The third-order valence-corrected chi connectivity index (χ3v) is 6.81. The molecule has 6 rings (SSSR count). The molecule has 0 radical (unpaired) electrons. The van der Waals surface area contributed by atoms with Crippen molar-refractivity contribution in [3.05, 3.63) is 77.5 Å². The van der Waals surface area contributed by atoms with Crippen LogP contribution in [-0.2, 0) is 10.8 Å². The number of nitrogens with zero attached hydrogens (tertiary/aromatic N) is 1. The zero-order valence-electron chi connectivity index (χ0n) is 18.1. The highest BCUT2D eigenvalue weighted by molar-refractivity contribution is 6.17. The van der Waals surface area contributed by atoms with Gasteiger partial charge in [-0.1, -0.05) is 83.1 Å². The second-order valence-corrected chi connectivity index (χ2v) is 10.1. The van der Waals surface area contributed by atoms with Crippen molar-refractivity contribution < 1.29 is 4.42 Å². The number of hydrogen-bond donors (Lipinski definition) is 0. The predicted molar refractivity (Wildman–Crippen MR) is 125 cm³/mol. The van der Waals surface area contributed by atoms with Gasteiger partial charge in [-0.15, -0.1) is 0 Å². The fourth-order valence-corrected chi connectivity index (χ4v) is 5.36. The summed E-state index contributed by atoms with van der Waals surface area (Å²) in [6.07, 6.45) is 2.01. The summed E-state index contributed by atoms with van der Waals surface area (Å²) < 4.78 is 6.54. The topological polar surface area (TPSA) is 26.0 Å². The van der Waals surface area contributed by atoms with E-state index in [0.29, 0.717) is 0 Å². The molecule has 30 heavy (non-hydrogen) atoms. The van der Waals surface area contributed by atoms with Crippen molar-refractivity contribution >= 4 is 32.7 Å². The van der Waals surface area contributed by atoms with Crippen molar-refractivity contribution in [3.63, 3.8) is 0 Å². The van der Waals surface area contributed by atoms with Crippen molar-refractivity contribution in [3.8, 4) is 11.3 Å². The molecule has 0 atom stereocenters. The van der Waals surface area contributed by atoms with Gasteiger partial charge in [-0.2, -0.15) is 0 Å². The summed E-state index contributed by atoms with van der Waals surface area (Å²) in [6, 6.07) is 19.6. The molecule has 2 aromatic heterocycles. The highest BCUT2D eigenvalue weighted by Crippen LogP contribution is 2.52. The Labute approximate surface area is 176 Å². The third-order valence-electron chi connectivity index (χ3n) is 6.81. The van der Waals surface area contributed by atoms with Gasteiger partial charge in [0.25, 0.3) is 0 Å². The van der Waals surface area contributed by atoms with Crippen molar-refractivity contribution in [2.24, 2.45) is 0 Å². The van der Waals surface area contributed by atoms with E-state index < -0.39 is 0 Å². The predicted octanol–water partition coefficient (Wildman–Crippen LogP) is 7.74. The molecule has 0 saturated heterocycles. The van der Waals surface area contributed by atoms with Crippen LogP contribution >= 0.6 is 0 Å². The Balaban J connectivity index is 1.90. The van der Waals surface area contributed by atoms with Gasteiger partial charge in [-0.05, 0) is 28.0 Å². The maximum Gasteiger partial charge on any atom is 0.139 e. The van der Waals surface area contributed by atoms with E-state index in [1.54, 1.807) is 0 Å². The molecule has 148 valence electrons. The van der Waals surface area contributed by atoms with Crippen molar-refractivity contribution in [1.29, 1.82) is 0 Å². The van der Waals surface area contributed by atoms with E-state index in [-0.39, 0.29) is 10.8 Å². The number of aromatic nitrogens is 1. The molecule has 2 heteroatoms. The van der Waals surface area contributed by atoms with E-state index in [1.165, 1.54) is 43.8 Å². The molecule has 2 heterocycles. The molecule has 2 nitrogen and oxygen atoms in total. The van der Waals surface area contributed by atoms with Crippen LogP contribution in [0, 0.1) is 0 Å². The summed E-state index contributed by atoms with van der Waals surface area (Å²) in [7, 11) is 0. The Kier molecular flexibility index (Phi) is 3.25. The number of hydrogen-bond acceptors (Lipinski definition) is 2. The molecule has 0 saturated carbocycles. The van der Waals surface area contributed by atoms with Gasteiger partial charge in [0.2, 0.25) is 0 Å². The average Bonchev–Trinajstić information content (AvgIpc) is 3.06. The van der Waals surface area contributed by atoms with Gasteiger partial charge in [0.05, 0.1) is 5.69 Å². The lowest BCUT2D eigenvalue weighted by Gasteiger charge is -2.30. The standard InChI is InChI=1S/C28H25NO/c1-27(2,3)20-14-13-19-23-22-18(11-8-12-21(22)30-26(20)23)25-24(28(19,4)5)17-10-7-6-9-16(17)15-29-25/h6-15H,1-5H3. The minimum atomic E-state index is -0.215. The number of rotatable bonds is 0. The smallest absolute Gasteiger partial charge is 0.139 e. The van der Waals surface area contributed by atoms with Gasteiger partial charge in [-0.3, -0.25) is 4.98 Å². The van der Waals surface area contributed by atoms with Gasteiger partial charge in [-0.25, -0.2) is 0 Å². The molecule has 0 amide bonds. The molecule has 1 aliphatic rings. The average molecular weight is 392 g/mol. The van der Waals surface area contributed by atoms with Crippen LogP contribution in [0.1, 0.15) is 51.3 Å².